The largest absolute Gasteiger partial charge is 0.481 e. The van der Waals surface area contributed by atoms with Crippen molar-refractivity contribution >= 4 is 11.9 Å². The number of carboxylic acids is 2. The minimum Gasteiger partial charge on any atom is -0.481 e. The molecule has 0 heterocycles. The molecule has 0 saturated heterocycles. The Labute approximate surface area is 128 Å². The third-order valence-corrected chi connectivity index (χ3v) is 3.55. The average molecular weight is 298 g/mol. The SMILES string of the molecule is C/C(=C\CCCCCCC(=O)O)CCCCCCC(=O)O. The smallest absolute Gasteiger partial charge is 0.303 e. The van der Waals surface area contributed by atoms with Gasteiger partial charge < -0.3 is 10.2 Å². The van der Waals surface area contributed by atoms with E-state index in [0.717, 1.165) is 64.2 Å². The Bertz CT molecular complexity index is 321. The van der Waals surface area contributed by atoms with Gasteiger partial charge in [0, 0.05) is 12.8 Å². The molecule has 0 radical (unpaired) electrons. The summed E-state index contributed by atoms with van der Waals surface area (Å²) in [6.07, 6.45) is 13.1. The van der Waals surface area contributed by atoms with Crippen LogP contribution in [0, 0.1) is 0 Å². The minimum absolute atomic E-state index is 0.288. The van der Waals surface area contributed by atoms with E-state index >= 15 is 0 Å². The Morgan fingerprint density at radius 1 is 0.714 bits per heavy atom. The molecule has 0 bridgehead atoms. The molecule has 0 atom stereocenters. The highest BCUT2D eigenvalue weighted by Gasteiger charge is 1.98. The highest BCUT2D eigenvalue weighted by Crippen LogP contribution is 2.13. The molecular weight excluding hydrogens is 268 g/mol. The van der Waals surface area contributed by atoms with Crippen LogP contribution >= 0.6 is 0 Å². The molecule has 0 aliphatic carbocycles. The summed E-state index contributed by atoms with van der Waals surface area (Å²) < 4.78 is 0. The molecule has 0 saturated carbocycles. The van der Waals surface area contributed by atoms with Gasteiger partial charge in [-0.25, -0.2) is 0 Å². The van der Waals surface area contributed by atoms with Crippen molar-refractivity contribution in [3.05, 3.63) is 11.6 Å². The van der Waals surface area contributed by atoms with Crippen molar-refractivity contribution in [1.29, 1.82) is 0 Å². The molecule has 4 heteroatoms. The van der Waals surface area contributed by atoms with Gasteiger partial charge in [-0.15, -0.1) is 0 Å². The fourth-order valence-corrected chi connectivity index (χ4v) is 2.26. The van der Waals surface area contributed by atoms with Crippen LogP contribution in [0.3, 0.4) is 0 Å². The van der Waals surface area contributed by atoms with Crippen LogP contribution in [0.5, 0.6) is 0 Å². The summed E-state index contributed by atoms with van der Waals surface area (Å²) in [5.74, 6) is -1.40. The first-order valence-corrected chi connectivity index (χ1v) is 8.11. The fourth-order valence-electron chi connectivity index (χ4n) is 2.26. The standard InChI is InChI=1S/C17H30O4/c1-15(12-8-5-6-10-14-17(20)21)11-7-3-2-4-9-13-16(18)19/h11H,2-10,12-14H2,1H3,(H,18,19)(H,20,21)/b15-11+. The lowest BCUT2D eigenvalue weighted by Crippen LogP contribution is -1.93. The third kappa shape index (κ3) is 16.6. The van der Waals surface area contributed by atoms with Crippen molar-refractivity contribution in [2.45, 2.75) is 84.0 Å². The number of rotatable bonds is 14. The Morgan fingerprint density at radius 2 is 1.14 bits per heavy atom. The molecule has 0 aromatic rings. The molecule has 0 aliphatic rings. The first-order valence-electron chi connectivity index (χ1n) is 8.11. The highest BCUT2D eigenvalue weighted by molar-refractivity contribution is 5.66. The highest BCUT2D eigenvalue weighted by atomic mass is 16.4. The number of allylic oxidation sites excluding steroid dienone is 2. The lowest BCUT2D eigenvalue weighted by Gasteiger charge is -2.02. The zero-order valence-corrected chi connectivity index (χ0v) is 13.3. The summed E-state index contributed by atoms with van der Waals surface area (Å²) in [4.78, 5) is 20.7. The monoisotopic (exact) mass is 298 g/mol. The minimum atomic E-state index is -0.700. The predicted molar refractivity (Wildman–Crippen MR) is 84.4 cm³/mol. The maximum atomic E-state index is 10.3. The molecule has 0 aromatic carbocycles. The second-order valence-corrected chi connectivity index (χ2v) is 5.71. The van der Waals surface area contributed by atoms with E-state index in [4.69, 9.17) is 10.2 Å². The van der Waals surface area contributed by atoms with Crippen LogP contribution in [0.4, 0.5) is 0 Å². The normalized spacial score (nSPS) is 11.6. The molecule has 0 unspecified atom stereocenters. The van der Waals surface area contributed by atoms with Gasteiger partial charge in [0.05, 0.1) is 0 Å². The van der Waals surface area contributed by atoms with Gasteiger partial charge in [-0.1, -0.05) is 37.3 Å². The van der Waals surface area contributed by atoms with Crippen LogP contribution in [-0.4, -0.2) is 22.2 Å². The van der Waals surface area contributed by atoms with E-state index in [1.807, 2.05) is 0 Å². The number of aliphatic carboxylic acids is 2. The van der Waals surface area contributed by atoms with E-state index < -0.39 is 11.9 Å². The molecule has 0 fully saturated rings. The molecule has 0 aromatic heterocycles. The van der Waals surface area contributed by atoms with Gasteiger partial charge in [-0.2, -0.15) is 0 Å². The van der Waals surface area contributed by atoms with E-state index in [0.29, 0.717) is 0 Å². The first kappa shape index (κ1) is 19.7. The van der Waals surface area contributed by atoms with E-state index in [1.54, 1.807) is 0 Å². The van der Waals surface area contributed by atoms with Gasteiger partial charge >= 0.3 is 11.9 Å². The predicted octanol–water partition coefficient (Wildman–Crippen LogP) is 4.78. The van der Waals surface area contributed by atoms with Crippen molar-refractivity contribution in [2.24, 2.45) is 0 Å². The van der Waals surface area contributed by atoms with Crippen LogP contribution < -0.4 is 0 Å². The van der Waals surface area contributed by atoms with Crippen LogP contribution in [-0.2, 0) is 9.59 Å². The molecule has 0 rings (SSSR count). The fraction of sp³-hybridized carbons (Fsp3) is 0.765. The van der Waals surface area contributed by atoms with Crippen LogP contribution in [0.15, 0.2) is 11.6 Å². The van der Waals surface area contributed by atoms with Crippen molar-refractivity contribution < 1.29 is 19.8 Å². The van der Waals surface area contributed by atoms with Gasteiger partial charge in [0.15, 0.2) is 0 Å². The van der Waals surface area contributed by atoms with Crippen LogP contribution in [0.25, 0.3) is 0 Å². The van der Waals surface area contributed by atoms with Gasteiger partial charge in [-0.05, 0) is 45.4 Å². The summed E-state index contributed by atoms with van der Waals surface area (Å²) in [5, 5.41) is 17.0. The van der Waals surface area contributed by atoms with Crippen LogP contribution in [0.1, 0.15) is 84.0 Å². The Morgan fingerprint density at radius 3 is 1.62 bits per heavy atom. The first-order chi connectivity index (χ1) is 10.0. The maximum absolute atomic E-state index is 10.3. The van der Waals surface area contributed by atoms with Crippen molar-refractivity contribution in [1.82, 2.24) is 0 Å². The Kier molecular flexibility index (Phi) is 12.8. The topological polar surface area (TPSA) is 74.6 Å². The van der Waals surface area contributed by atoms with Crippen molar-refractivity contribution in [3.63, 3.8) is 0 Å². The number of hydrogen-bond acceptors (Lipinski definition) is 2. The quantitative estimate of drug-likeness (QED) is 0.357. The lowest BCUT2D eigenvalue weighted by atomic mass is 10.0. The number of hydrogen-bond donors (Lipinski definition) is 2. The van der Waals surface area contributed by atoms with Gasteiger partial charge in [-0.3, -0.25) is 9.59 Å². The van der Waals surface area contributed by atoms with Gasteiger partial charge in [0.1, 0.15) is 0 Å². The summed E-state index contributed by atoms with van der Waals surface area (Å²) in [6, 6.07) is 0. The second-order valence-electron chi connectivity index (χ2n) is 5.71. The lowest BCUT2D eigenvalue weighted by molar-refractivity contribution is -0.138. The molecular formula is C17H30O4. The van der Waals surface area contributed by atoms with Gasteiger partial charge in [0.25, 0.3) is 0 Å². The van der Waals surface area contributed by atoms with E-state index in [2.05, 4.69) is 13.0 Å². The summed E-state index contributed by atoms with van der Waals surface area (Å²) in [7, 11) is 0. The van der Waals surface area contributed by atoms with E-state index in [-0.39, 0.29) is 12.8 Å². The molecule has 0 spiro atoms. The van der Waals surface area contributed by atoms with E-state index in [1.165, 1.54) is 5.57 Å². The molecule has 2 N–H and O–H groups in total. The molecule has 0 aliphatic heterocycles. The van der Waals surface area contributed by atoms with Gasteiger partial charge in [0.2, 0.25) is 0 Å². The number of carboxylic acid groups (broad SMARTS) is 2. The van der Waals surface area contributed by atoms with Crippen molar-refractivity contribution in [2.75, 3.05) is 0 Å². The molecule has 0 amide bonds. The number of carbonyl (C=O) groups is 2. The van der Waals surface area contributed by atoms with Crippen molar-refractivity contribution in [3.8, 4) is 0 Å². The maximum Gasteiger partial charge on any atom is 0.303 e. The van der Waals surface area contributed by atoms with Crippen LogP contribution in [0.2, 0.25) is 0 Å². The Hall–Kier alpha value is -1.32. The summed E-state index contributed by atoms with van der Waals surface area (Å²) >= 11 is 0. The zero-order chi connectivity index (χ0) is 15.9. The summed E-state index contributed by atoms with van der Waals surface area (Å²) in [5.41, 5.74) is 1.42. The molecule has 4 nitrogen and oxygen atoms in total. The number of unbranched alkanes of at least 4 members (excludes halogenated alkanes) is 7. The summed E-state index contributed by atoms with van der Waals surface area (Å²) in [6.45, 7) is 2.15. The molecule has 122 valence electrons. The Balaban J connectivity index is 3.36. The zero-order valence-electron chi connectivity index (χ0n) is 13.3. The third-order valence-electron chi connectivity index (χ3n) is 3.55. The molecule has 21 heavy (non-hydrogen) atoms. The average Bonchev–Trinajstić information content (AvgIpc) is 2.41. The van der Waals surface area contributed by atoms with E-state index in [9.17, 15) is 9.59 Å². The second kappa shape index (κ2) is 13.7.